The van der Waals surface area contributed by atoms with E-state index in [0.717, 1.165) is 28.2 Å². The number of aromatic nitrogens is 2. The molecule has 0 radical (unpaired) electrons. The Morgan fingerprint density at radius 1 is 1.07 bits per heavy atom. The highest BCUT2D eigenvalue weighted by molar-refractivity contribution is 7.89. The summed E-state index contributed by atoms with van der Waals surface area (Å²) < 4.78 is 29.8. The van der Waals surface area contributed by atoms with E-state index in [-0.39, 0.29) is 12.5 Å². The average Bonchev–Trinajstić information content (AvgIpc) is 3.06. The molecule has 0 saturated carbocycles. The van der Waals surface area contributed by atoms with Crippen LogP contribution in [-0.4, -0.2) is 57.8 Å². The zero-order valence-electron chi connectivity index (χ0n) is 16.0. The maximum Gasteiger partial charge on any atom is 0.330 e. The van der Waals surface area contributed by atoms with Crippen molar-refractivity contribution in [1.29, 1.82) is 0 Å². The highest BCUT2D eigenvalue weighted by atomic mass is 32.2. The maximum absolute atomic E-state index is 13.4. The molecule has 3 heterocycles. The SMILES string of the molecule is CCCN1CCCC2(CCCN2S(=O)(=O)c2cn(C)c(=O)n(C)c2=O)C1=O. The minimum Gasteiger partial charge on any atom is -0.341 e. The molecular formula is C17H26N4O5S. The van der Waals surface area contributed by atoms with E-state index < -0.39 is 31.7 Å². The number of amides is 1. The van der Waals surface area contributed by atoms with Crippen LogP contribution in [-0.2, 0) is 28.9 Å². The van der Waals surface area contributed by atoms with Gasteiger partial charge in [-0.3, -0.25) is 14.2 Å². The van der Waals surface area contributed by atoms with Crippen LogP contribution in [0.25, 0.3) is 0 Å². The average molecular weight is 398 g/mol. The molecule has 1 aromatic rings. The van der Waals surface area contributed by atoms with Crippen LogP contribution < -0.4 is 11.2 Å². The highest BCUT2D eigenvalue weighted by Crippen LogP contribution is 2.41. The fraction of sp³-hybridized carbons (Fsp3) is 0.706. The third-order valence-electron chi connectivity index (χ3n) is 5.61. The molecular weight excluding hydrogens is 372 g/mol. The lowest BCUT2D eigenvalue weighted by Gasteiger charge is -2.43. The number of carbonyl (C=O) groups excluding carboxylic acids is 1. The summed E-state index contributed by atoms with van der Waals surface area (Å²) in [5.74, 6) is -0.168. The van der Waals surface area contributed by atoms with Gasteiger partial charge in [-0.25, -0.2) is 13.2 Å². The summed E-state index contributed by atoms with van der Waals surface area (Å²) in [7, 11) is -1.57. The Kier molecular flexibility index (Phi) is 5.06. The minimum atomic E-state index is -4.22. The second-order valence-corrected chi connectivity index (χ2v) is 9.19. The molecule has 2 fully saturated rings. The Morgan fingerprint density at radius 2 is 1.70 bits per heavy atom. The van der Waals surface area contributed by atoms with Gasteiger partial charge in [-0.15, -0.1) is 0 Å². The lowest BCUT2D eigenvalue weighted by Crippen LogP contribution is -2.61. The first-order chi connectivity index (χ1) is 12.7. The van der Waals surface area contributed by atoms with Crippen molar-refractivity contribution in [2.45, 2.75) is 49.5 Å². The Hall–Kier alpha value is -1.94. The third kappa shape index (κ3) is 2.94. The van der Waals surface area contributed by atoms with Gasteiger partial charge in [-0.1, -0.05) is 6.92 Å². The minimum absolute atomic E-state index is 0.168. The van der Waals surface area contributed by atoms with Crippen molar-refractivity contribution in [3.63, 3.8) is 0 Å². The lowest BCUT2D eigenvalue weighted by molar-refractivity contribution is -0.144. The summed E-state index contributed by atoms with van der Waals surface area (Å²) >= 11 is 0. The first-order valence-electron chi connectivity index (χ1n) is 9.25. The van der Waals surface area contributed by atoms with Crippen molar-refractivity contribution in [2.24, 2.45) is 14.1 Å². The zero-order chi connectivity index (χ0) is 20.0. The zero-order valence-corrected chi connectivity index (χ0v) is 16.8. The molecule has 1 amide bonds. The van der Waals surface area contributed by atoms with E-state index in [0.29, 0.717) is 32.4 Å². The van der Waals surface area contributed by atoms with Gasteiger partial charge in [0.15, 0.2) is 4.90 Å². The molecule has 0 aliphatic carbocycles. The van der Waals surface area contributed by atoms with E-state index in [1.807, 2.05) is 6.92 Å². The van der Waals surface area contributed by atoms with Crippen LogP contribution in [0.4, 0.5) is 0 Å². The third-order valence-corrected chi connectivity index (χ3v) is 7.56. The van der Waals surface area contributed by atoms with Gasteiger partial charge in [0.1, 0.15) is 5.54 Å². The highest BCUT2D eigenvalue weighted by Gasteiger charge is 2.55. The number of sulfonamides is 1. The largest absolute Gasteiger partial charge is 0.341 e. The smallest absolute Gasteiger partial charge is 0.330 e. The molecule has 1 atom stereocenters. The number of carbonyl (C=O) groups is 1. The summed E-state index contributed by atoms with van der Waals surface area (Å²) in [6, 6.07) is 0. The predicted molar refractivity (Wildman–Crippen MR) is 98.9 cm³/mol. The van der Waals surface area contributed by atoms with Gasteiger partial charge in [-0.05, 0) is 32.1 Å². The molecule has 0 bridgehead atoms. The predicted octanol–water partition coefficient (Wildman–Crippen LogP) is -0.360. The van der Waals surface area contributed by atoms with Crippen molar-refractivity contribution < 1.29 is 13.2 Å². The number of hydrogen-bond acceptors (Lipinski definition) is 5. The van der Waals surface area contributed by atoms with Gasteiger partial charge in [-0.2, -0.15) is 4.31 Å². The van der Waals surface area contributed by atoms with E-state index in [2.05, 4.69) is 0 Å². The fourth-order valence-corrected chi connectivity index (χ4v) is 6.26. The summed E-state index contributed by atoms with van der Waals surface area (Å²) in [6.45, 7) is 3.39. The van der Waals surface area contributed by atoms with Crippen molar-refractivity contribution in [2.75, 3.05) is 19.6 Å². The molecule has 1 unspecified atom stereocenters. The Balaban J connectivity index is 2.11. The van der Waals surface area contributed by atoms with Gasteiger partial charge in [0.2, 0.25) is 5.91 Å². The summed E-state index contributed by atoms with van der Waals surface area (Å²) in [5, 5.41) is 0. The number of hydrogen-bond donors (Lipinski definition) is 0. The Morgan fingerprint density at radius 3 is 2.33 bits per heavy atom. The maximum atomic E-state index is 13.4. The fourth-order valence-electron chi connectivity index (χ4n) is 4.29. The lowest BCUT2D eigenvalue weighted by atomic mass is 9.86. The van der Waals surface area contributed by atoms with Crippen molar-refractivity contribution >= 4 is 15.9 Å². The summed E-state index contributed by atoms with van der Waals surface area (Å²) in [4.78, 5) is 38.9. The van der Waals surface area contributed by atoms with E-state index in [9.17, 15) is 22.8 Å². The molecule has 27 heavy (non-hydrogen) atoms. The normalized spacial score (nSPS) is 24.1. The number of aryl methyl sites for hydroxylation is 1. The van der Waals surface area contributed by atoms with Crippen LogP contribution in [0, 0.1) is 0 Å². The molecule has 3 rings (SSSR count). The molecule has 0 N–H and O–H groups in total. The van der Waals surface area contributed by atoms with Crippen LogP contribution in [0.5, 0.6) is 0 Å². The van der Waals surface area contributed by atoms with E-state index >= 15 is 0 Å². The van der Waals surface area contributed by atoms with E-state index in [1.54, 1.807) is 4.90 Å². The Labute approximate surface area is 158 Å². The van der Waals surface area contributed by atoms with Gasteiger partial charge < -0.3 is 9.47 Å². The first kappa shape index (κ1) is 19.8. The van der Waals surface area contributed by atoms with Crippen molar-refractivity contribution in [3.8, 4) is 0 Å². The monoisotopic (exact) mass is 398 g/mol. The van der Waals surface area contributed by atoms with Crippen LogP contribution in [0.3, 0.4) is 0 Å². The quantitative estimate of drug-likeness (QED) is 0.689. The van der Waals surface area contributed by atoms with Crippen LogP contribution in [0.2, 0.25) is 0 Å². The number of piperidine rings is 1. The summed E-state index contributed by atoms with van der Waals surface area (Å²) in [6.07, 6.45) is 4.06. The number of rotatable bonds is 4. The van der Waals surface area contributed by atoms with Gasteiger partial charge in [0, 0.05) is 39.9 Å². The van der Waals surface area contributed by atoms with Gasteiger partial charge in [0.05, 0.1) is 0 Å². The number of likely N-dealkylation sites (tertiary alicyclic amines) is 1. The second kappa shape index (κ2) is 6.90. The van der Waals surface area contributed by atoms with E-state index in [1.165, 1.54) is 18.4 Å². The van der Waals surface area contributed by atoms with E-state index in [4.69, 9.17) is 0 Å². The first-order valence-corrected chi connectivity index (χ1v) is 10.7. The molecule has 10 heteroatoms. The molecule has 2 aliphatic rings. The standard InChI is InChI=1S/C17H26N4O5S/c1-4-9-20-10-5-7-17(15(20)23)8-6-11-21(17)27(25,26)13-12-18(2)16(24)19(3)14(13)22/h12H,4-11H2,1-3H3. The molecule has 1 spiro atoms. The van der Waals surface area contributed by atoms with Crippen LogP contribution in [0.15, 0.2) is 20.7 Å². The molecule has 0 aromatic carbocycles. The van der Waals surface area contributed by atoms with Gasteiger partial charge in [0.25, 0.3) is 15.6 Å². The Bertz CT molecular complexity index is 978. The molecule has 2 saturated heterocycles. The van der Waals surface area contributed by atoms with Crippen molar-refractivity contribution in [3.05, 3.63) is 27.0 Å². The molecule has 9 nitrogen and oxygen atoms in total. The van der Waals surface area contributed by atoms with Crippen LogP contribution in [0.1, 0.15) is 39.0 Å². The molecule has 1 aromatic heterocycles. The number of nitrogens with zero attached hydrogens (tertiary/aromatic N) is 4. The van der Waals surface area contributed by atoms with Crippen molar-refractivity contribution in [1.82, 2.24) is 18.3 Å². The van der Waals surface area contributed by atoms with Crippen LogP contribution >= 0.6 is 0 Å². The topological polar surface area (TPSA) is 102 Å². The molecule has 2 aliphatic heterocycles. The second-order valence-electron chi connectivity index (χ2n) is 7.36. The summed E-state index contributed by atoms with van der Waals surface area (Å²) in [5.41, 5.74) is -2.59. The van der Waals surface area contributed by atoms with Gasteiger partial charge >= 0.3 is 5.69 Å². The molecule has 150 valence electrons.